The highest BCUT2D eigenvalue weighted by atomic mass is 35.5. The van der Waals surface area contributed by atoms with E-state index in [9.17, 15) is 0 Å². The van der Waals surface area contributed by atoms with Gasteiger partial charge in [-0.3, -0.25) is 0 Å². The van der Waals surface area contributed by atoms with Gasteiger partial charge in [-0.1, -0.05) is 42.5 Å². The van der Waals surface area contributed by atoms with Gasteiger partial charge in [0.2, 0.25) is 0 Å². The van der Waals surface area contributed by atoms with Crippen LogP contribution in [0.4, 0.5) is 17.1 Å². The molecule has 3 rings (SSSR count). The van der Waals surface area contributed by atoms with E-state index < -0.39 is 0 Å². The molecule has 0 aliphatic carbocycles. The first-order chi connectivity index (χ1) is 9.34. The van der Waals surface area contributed by atoms with E-state index in [-0.39, 0.29) is 12.4 Å². The summed E-state index contributed by atoms with van der Waals surface area (Å²) in [7, 11) is 0. The number of nitrogens with zero attached hydrogens (tertiary/aromatic N) is 2. The third kappa shape index (κ3) is 2.78. The molecular formula is C16H14ClN3. The topological polar surface area (TPSA) is 50.7 Å². The smallest absolute Gasteiger partial charge is 0.0936 e. The summed E-state index contributed by atoms with van der Waals surface area (Å²) in [5, 5.41) is 10.6. The van der Waals surface area contributed by atoms with Gasteiger partial charge in [0.25, 0.3) is 0 Å². The molecule has 0 fully saturated rings. The number of rotatable bonds is 2. The normalized spacial score (nSPS) is 10.6. The van der Waals surface area contributed by atoms with Crippen LogP contribution in [0, 0.1) is 0 Å². The Balaban J connectivity index is 0.00000147. The zero-order valence-electron chi connectivity index (χ0n) is 10.7. The van der Waals surface area contributed by atoms with Gasteiger partial charge in [-0.2, -0.15) is 5.11 Å². The number of fused-ring (bicyclic) bond motifs is 1. The fraction of sp³-hybridized carbons (Fsp3) is 0. The number of anilines is 1. The molecule has 100 valence electrons. The van der Waals surface area contributed by atoms with Crippen molar-refractivity contribution >= 4 is 40.2 Å². The molecule has 4 heteroatoms. The maximum Gasteiger partial charge on any atom is 0.0936 e. The molecule has 0 radical (unpaired) electrons. The van der Waals surface area contributed by atoms with Crippen molar-refractivity contribution in [2.24, 2.45) is 10.2 Å². The quantitative estimate of drug-likeness (QED) is 0.506. The molecule has 0 heterocycles. The molecule has 0 saturated heterocycles. The number of benzene rings is 3. The highest BCUT2D eigenvalue weighted by Crippen LogP contribution is 2.31. The van der Waals surface area contributed by atoms with Crippen molar-refractivity contribution in [2.75, 3.05) is 5.73 Å². The Morgan fingerprint density at radius 3 is 2.05 bits per heavy atom. The molecule has 0 bridgehead atoms. The average molecular weight is 284 g/mol. The van der Waals surface area contributed by atoms with Crippen molar-refractivity contribution in [1.82, 2.24) is 0 Å². The molecule has 0 amide bonds. The second-order valence-electron chi connectivity index (χ2n) is 4.26. The maximum atomic E-state index is 5.96. The van der Waals surface area contributed by atoms with E-state index in [0.29, 0.717) is 0 Å². The summed E-state index contributed by atoms with van der Waals surface area (Å²) in [6.45, 7) is 0. The van der Waals surface area contributed by atoms with E-state index in [2.05, 4.69) is 10.2 Å². The van der Waals surface area contributed by atoms with Gasteiger partial charge in [-0.15, -0.1) is 17.5 Å². The minimum Gasteiger partial charge on any atom is -0.398 e. The molecular weight excluding hydrogens is 270 g/mol. The number of hydrogen-bond donors (Lipinski definition) is 1. The lowest BCUT2D eigenvalue weighted by molar-refractivity contribution is 1.24. The summed E-state index contributed by atoms with van der Waals surface area (Å²) >= 11 is 0. The SMILES string of the molecule is Cl.Nc1ccc(/N=N/c2ccccc2)c2ccccc12. The second kappa shape index (κ2) is 6.17. The van der Waals surface area contributed by atoms with Gasteiger partial charge in [0, 0.05) is 16.5 Å². The standard InChI is InChI=1S/C16H13N3.ClH/c17-15-10-11-16(14-9-5-4-8-13(14)15)19-18-12-6-2-1-3-7-12;/h1-11H,17H2;1H/b19-18+;. The van der Waals surface area contributed by atoms with Crippen LogP contribution >= 0.6 is 12.4 Å². The zero-order chi connectivity index (χ0) is 13.1. The monoisotopic (exact) mass is 283 g/mol. The van der Waals surface area contributed by atoms with Gasteiger partial charge < -0.3 is 5.73 Å². The Hall–Kier alpha value is -2.39. The molecule has 0 saturated carbocycles. The summed E-state index contributed by atoms with van der Waals surface area (Å²) in [5.74, 6) is 0. The fourth-order valence-electron chi connectivity index (χ4n) is 2.00. The van der Waals surface area contributed by atoms with Crippen molar-refractivity contribution in [2.45, 2.75) is 0 Å². The van der Waals surface area contributed by atoms with Gasteiger partial charge in [-0.25, -0.2) is 0 Å². The lowest BCUT2D eigenvalue weighted by Crippen LogP contribution is -1.86. The van der Waals surface area contributed by atoms with Crippen LogP contribution in [0.15, 0.2) is 77.0 Å². The third-order valence-corrected chi connectivity index (χ3v) is 2.96. The highest BCUT2D eigenvalue weighted by Gasteiger charge is 2.02. The molecule has 20 heavy (non-hydrogen) atoms. The first kappa shape index (κ1) is 14.0. The summed E-state index contributed by atoms with van der Waals surface area (Å²) in [4.78, 5) is 0. The Kier molecular flexibility index (Phi) is 4.33. The Bertz CT molecular complexity index is 739. The molecule has 0 atom stereocenters. The molecule has 0 aliphatic heterocycles. The predicted octanol–water partition coefficient (Wildman–Crippen LogP) is 5.26. The Labute approximate surface area is 123 Å². The van der Waals surface area contributed by atoms with Crippen molar-refractivity contribution in [3.05, 3.63) is 66.7 Å². The maximum absolute atomic E-state index is 5.96. The van der Waals surface area contributed by atoms with Gasteiger partial charge in [-0.05, 0) is 24.3 Å². The highest BCUT2D eigenvalue weighted by molar-refractivity contribution is 5.99. The first-order valence-electron chi connectivity index (χ1n) is 6.08. The van der Waals surface area contributed by atoms with Crippen LogP contribution in [-0.4, -0.2) is 0 Å². The van der Waals surface area contributed by atoms with E-state index >= 15 is 0 Å². The summed E-state index contributed by atoms with van der Waals surface area (Å²) in [5.41, 5.74) is 8.38. The van der Waals surface area contributed by atoms with Crippen LogP contribution in [0.1, 0.15) is 0 Å². The van der Waals surface area contributed by atoms with Gasteiger partial charge >= 0.3 is 0 Å². The molecule has 3 aromatic carbocycles. The van der Waals surface area contributed by atoms with Crippen molar-refractivity contribution in [1.29, 1.82) is 0 Å². The van der Waals surface area contributed by atoms with Gasteiger partial charge in [0.15, 0.2) is 0 Å². The van der Waals surface area contributed by atoms with Crippen LogP contribution in [-0.2, 0) is 0 Å². The van der Waals surface area contributed by atoms with E-state index in [1.165, 1.54) is 0 Å². The molecule has 0 aromatic heterocycles. The molecule has 3 aromatic rings. The largest absolute Gasteiger partial charge is 0.398 e. The van der Waals surface area contributed by atoms with Crippen molar-refractivity contribution in [3.8, 4) is 0 Å². The van der Waals surface area contributed by atoms with Crippen molar-refractivity contribution < 1.29 is 0 Å². The molecule has 0 unspecified atom stereocenters. The second-order valence-corrected chi connectivity index (χ2v) is 4.26. The van der Waals surface area contributed by atoms with E-state index in [1.807, 2.05) is 66.7 Å². The summed E-state index contributed by atoms with van der Waals surface area (Å²) in [6, 6.07) is 21.4. The fourth-order valence-corrected chi connectivity index (χ4v) is 2.00. The zero-order valence-corrected chi connectivity index (χ0v) is 11.5. The molecule has 0 spiro atoms. The van der Waals surface area contributed by atoms with Gasteiger partial charge in [0.1, 0.15) is 0 Å². The van der Waals surface area contributed by atoms with Crippen molar-refractivity contribution in [3.63, 3.8) is 0 Å². The summed E-state index contributed by atoms with van der Waals surface area (Å²) < 4.78 is 0. The number of nitrogens with two attached hydrogens (primary N) is 1. The lowest BCUT2D eigenvalue weighted by Gasteiger charge is -2.03. The lowest BCUT2D eigenvalue weighted by atomic mass is 10.1. The number of halogens is 1. The molecule has 2 N–H and O–H groups in total. The Morgan fingerprint density at radius 2 is 1.30 bits per heavy atom. The Morgan fingerprint density at radius 1 is 0.650 bits per heavy atom. The van der Waals surface area contributed by atoms with Crippen LogP contribution in [0.25, 0.3) is 10.8 Å². The number of nitrogen functional groups attached to an aromatic ring is 1. The van der Waals surface area contributed by atoms with E-state index in [4.69, 9.17) is 5.73 Å². The van der Waals surface area contributed by atoms with E-state index in [0.717, 1.165) is 27.8 Å². The van der Waals surface area contributed by atoms with Crippen LogP contribution < -0.4 is 5.73 Å². The molecule has 3 nitrogen and oxygen atoms in total. The number of azo groups is 1. The first-order valence-corrected chi connectivity index (χ1v) is 6.08. The summed E-state index contributed by atoms with van der Waals surface area (Å²) in [6.07, 6.45) is 0. The van der Waals surface area contributed by atoms with E-state index in [1.54, 1.807) is 0 Å². The minimum absolute atomic E-state index is 0. The van der Waals surface area contributed by atoms with Crippen LogP contribution in [0.5, 0.6) is 0 Å². The minimum atomic E-state index is 0. The third-order valence-electron chi connectivity index (χ3n) is 2.96. The number of hydrogen-bond acceptors (Lipinski definition) is 3. The predicted molar refractivity (Wildman–Crippen MR) is 86.2 cm³/mol. The van der Waals surface area contributed by atoms with Crippen LogP contribution in [0.2, 0.25) is 0 Å². The average Bonchev–Trinajstić information content (AvgIpc) is 2.48. The van der Waals surface area contributed by atoms with Gasteiger partial charge in [0.05, 0.1) is 11.4 Å². The molecule has 0 aliphatic rings. The van der Waals surface area contributed by atoms with Crippen LogP contribution in [0.3, 0.4) is 0 Å².